The molecular weight excluding hydrogens is 108 g/mol. The highest BCUT2D eigenvalue weighted by molar-refractivity contribution is 4.32. The number of hydrogen-bond donors (Lipinski definition) is 2. The molecule has 50 valence electrons. The maximum absolute atomic E-state index is 8.66. The summed E-state index contributed by atoms with van der Waals surface area (Å²) in [4.78, 5) is 0. The number of hydrogen-bond acceptors (Lipinski definition) is 3. The van der Waals surface area contributed by atoms with Crippen LogP contribution in [0.3, 0.4) is 0 Å². The summed E-state index contributed by atoms with van der Waals surface area (Å²) >= 11 is 0. The van der Waals surface area contributed by atoms with E-state index in [4.69, 9.17) is 10.2 Å². The molecule has 0 aromatic heterocycles. The van der Waals surface area contributed by atoms with Crippen LogP contribution in [0.25, 0.3) is 0 Å². The summed E-state index contributed by atoms with van der Waals surface area (Å²) in [6.07, 6.45) is -0.137. The fourth-order valence-electron chi connectivity index (χ4n) is 0.307. The summed E-state index contributed by atoms with van der Waals surface area (Å²) in [6.45, 7) is 1.99. The molecule has 0 amide bonds. The van der Waals surface area contributed by atoms with Crippen molar-refractivity contribution in [1.82, 2.24) is 0 Å². The van der Waals surface area contributed by atoms with E-state index in [0.717, 1.165) is 0 Å². The van der Waals surface area contributed by atoms with Crippen LogP contribution >= 0.6 is 0 Å². The first-order valence-corrected chi connectivity index (χ1v) is 2.71. The molecule has 1 atom stereocenters. The lowest BCUT2D eigenvalue weighted by molar-refractivity contribution is -0.107. The average Bonchev–Trinajstić information content (AvgIpc) is 1.83. The molecule has 0 saturated carbocycles. The van der Waals surface area contributed by atoms with Crippen LogP contribution in [0.1, 0.15) is 13.3 Å². The van der Waals surface area contributed by atoms with Crippen LogP contribution in [0.5, 0.6) is 0 Å². The van der Waals surface area contributed by atoms with Crippen LogP contribution in [-0.2, 0) is 4.74 Å². The van der Waals surface area contributed by atoms with Gasteiger partial charge in [0.2, 0.25) is 0 Å². The molecule has 0 aliphatic carbocycles. The zero-order chi connectivity index (χ0) is 6.41. The molecule has 2 N–H and O–H groups in total. The van der Waals surface area contributed by atoms with Gasteiger partial charge in [0.05, 0.1) is 13.2 Å². The molecule has 0 bridgehead atoms. The highest BCUT2D eigenvalue weighted by atomic mass is 16.6. The Bertz CT molecular complexity index is 46.9. The van der Waals surface area contributed by atoms with E-state index < -0.39 is 6.29 Å². The Hall–Kier alpha value is -0.120. The van der Waals surface area contributed by atoms with Gasteiger partial charge in [0, 0.05) is 0 Å². The van der Waals surface area contributed by atoms with Crippen molar-refractivity contribution < 1.29 is 14.9 Å². The van der Waals surface area contributed by atoms with Gasteiger partial charge < -0.3 is 14.9 Å². The molecule has 0 saturated heterocycles. The monoisotopic (exact) mass is 120 g/mol. The normalized spacial score (nSPS) is 13.9. The molecule has 0 aliphatic heterocycles. The van der Waals surface area contributed by atoms with Crippen molar-refractivity contribution in [1.29, 1.82) is 0 Å². The molecule has 0 fully saturated rings. The van der Waals surface area contributed by atoms with Gasteiger partial charge in [-0.05, 0) is 6.42 Å². The molecule has 0 aliphatic rings. The summed E-state index contributed by atoms with van der Waals surface area (Å²) in [6, 6.07) is 0. The van der Waals surface area contributed by atoms with Gasteiger partial charge in [-0.2, -0.15) is 0 Å². The third kappa shape index (κ3) is 4.05. The number of ether oxygens (including phenoxy) is 1. The summed E-state index contributed by atoms with van der Waals surface area (Å²) < 4.78 is 4.65. The third-order valence-electron chi connectivity index (χ3n) is 0.751. The molecule has 0 aromatic rings. The van der Waals surface area contributed by atoms with Gasteiger partial charge in [-0.25, -0.2) is 0 Å². The van der Waals surface area contributed by atoms with Crippen molar-refractivity contribution in [3.8, 4) is 0 Å². The maximum Gasteiger partial charge on any atom is 0.154 e. The maximum atomic E-state index is 8.66. The van der Waals surface area contributed by atoms with Crippen molar-refractivity contribution in [3.05, 3.63) is 0 Å². The smallest absolute Gasteiger partial charge is 0.154 e. The van der Waals surface area contributed by atoms with E-state index in [2.05, 4.69) is 4.74 Å². The predicted molar refractivity (Wildman–Crippen MR) is 29.3 cm³/mol. The Morgan fingerprint density at radius 2 is 2.25 bits per heavy atom. The van der Waals surface area contributed by atoms with Crippen LogP contribution < -0.4 is 0 Å². The largest absolute Gasteiger partial charge is 0.394 e. The zero-order valence-electron chi connectivity index (χ0n) is 5.00. The van der Waals surface area contributed by atoms with Crippen molar-refractivity contribution in [2.75, 3.05) is 13.2 Å². The van der Waals surface area contributed by atoms with E-state index in [1.165, 1.54) is 0 Å². The van der Waals surface area contributed by atoms with Gasteiger partial charge in [-0.1, -0.05) is 6.92 Å². The van der Waals surface area contributed by atoms with E-state index in [0.29, 0.717) is 6.42 Å². The number of rotatable bonds is 4. The van der Waals surface area contributed by atoms with Crippen LogP contribution in [0.4, 0.5) is 0 Å². The Labute approximate surface area is 48.9 Å². The van der Waals surface area contributed by atoms with Gasteiger partial charge >= 0.3 is 0 Å². The zero-order valence-corrected chi connectivity index (χ0v) is 5.00. The van der Waals surface area contributed by atoms with Crippen LogP contribution in [-0.4, -0.2) is 29.7 Å². The van der Waals surface area contributed by atoms with Crippen molar-refractivity contribution in [2.45, 2.75) is 19.6 Å². The third-order valence-corrected chi connectivity index (χ3v) is 0.751. The minimum atomic E-state index is -0.706. The number of aliphatic hydroxyl groups is 2. The molecule has 0 unspecified atom stereocenters. The Balaban J connectivity index is 2.86. The quantitative estimate of drug-likeness (QED) is 0.502. The van der Waals surface area contributed by atoms with Crippen molar-refractivity contribution in [2.24, 2.45) is 0 Å². The summed E-state index contributed by atoms with van der Waals surface area (Å²) in [5.74, 6) is 0. The van der Waals surface area contributed by atoms with E-state index in [-0.39, 0.29) is 13.2 Å². The first kappa shape index (κ1) is 7.88. The second kappa shape index (κ2) is 5.03. The molecule has 0 rings (SSSR count). The molecule has 8 heavy (non-hydrogen) atoms. The van der Waals surface area contributed by atoms with E-state index in [1.54, 1.807) is 0 Å². The topological polar surface area (TPSA) is 49.7 Å². The predicted octanol–water partition coefficient (Wildman–Crippen LogP) is -0.276. The fraction of sp³-hybridized carbons (Fsp3) is 1.00. The van der Waals surface area contributed by atoms with Crippen molar-refractivity contribution in [3.63, 3.8) is 0 Å². The second-order valence-corrected chi connectivity index (χ2v) is 1.46. The van der Waals surface area contributed by atoms with Crippen molar-refractivity contribution >= 4 is 0 Å². The summed E-state index contributed by atoms with van der Waals surface area (Å²) in [5.41, 5.74) is 0. The second-order valence-electron chi connectivity index (χ2n) is 1.46. The minimum absolute atomic E-state index is 0.0307. The van der Waals surface area contributed by atoms with Gasteiger partial charge in [0.1, 0.15) is 0 Å². The first-order chi connectivity index (χ1) is 3.81. The number of aliphatic hydroxyl groups excluding tert-OH is 2. The molecule has 0 radical (unpaired) electrons. The first-order valence-electron chi connectivity index (χ1n) is 2.71. The summed E-state index contributed by atoms with van der Waals surface area (Å²) in [5, 5.41) is 16.8. The van der Waals surface area contributed by atoms with Gasteiger partial charge in [0.25, 0.3) is 0 Å². The van der Waals surface area contributed by atoms with E-state index in [9.17, 15) is 0 Å². The lowest BCUT2D eigenvalue weighted by atomic mass is 10.5. The molecule has 3 nitrogen and oxygen atoms in total. The molecule has 0 heterocycles. The van der Waals surface area contributed by atoms with Gasteiger partial charge in [-0.3, -0.25) is 0 Å². The molecule has 0 aromatic carbocycles. The standard InChI is InChI=1S/C5H12O3/c1-2-5(7)8-4-3-6/h5-7H,2-4H2,1H3/t5-/m1/s1. The fourth-order valence-corrected chi connectivity index (χ4v) is 0.307. The van der Waals surface area contributed by atoms with Crippen LogP contribution in [0, 0.1) is 0 Å². The lowest BCUT2D eigenvalue weighted by Gasteiger charge is -2.06. The minimum Gasteiger partial charge on any atom is -0.394 e. The highest BCUT2D eigenvalue weighted by Crippen LogP contribution is 1.89. The Kier molecular flexibility index (Phi) is 4.95. The Morgan fingerprint density at radius 1 is 1.62 bits per heavy atom. The highest BCUT2D eigenvalue weighted by Gasteiger charge is 1.96. The average molecular weight is 120 g/mol. The molecule has 3 heteroatoms. The van der Waals surface area contributed by atoms with Crippen LogP contribution in [0.2, 0.25) is 0 Å². The Morgan fingerprint density at radius 3 is 2.62 bits per heavy atom. The molecular formula is C5H12O3. The van der Waals surface area contributed by atoms with Gasteiger partial charge in [0.15, 0.2) is 6.29 Å². The SMILES string of the molecule is CC[C@H](O)OCCO. The summed E-state index contributed by atoms with van der Waals surface area (Å²) in [7, 11) is 0. The van der Waals surface area contributed by atoms with E-state index >= 15 is 0 Å². The van der Waals surface area contributed by atoms with Crippen LogP contribution in [0.15, 0.2) is 0 Å². The lowest BCUT2D eigenvalue weighted by Crippen LogP contribution is -2.12. The molecule has 0 spiro atoms. The van der Waals surface area contributed by atoms with Gasteiger partial charge in [-0.15, -0.1) is 0 Å². The van der Waals surface area contributed by atoms with E-state index in [1.807, 2.05) is 6.92 Å².